The lowest BCUT2D eigenvalue weighted by molar-refractivity contribution is -0.144. The number of halogens is 7. The van der Waals surface area contributed by atoms with Gasteiger partial charge in [-0.2, -0.15) is 26.3 Å². The third-order valence-corrected chi connectivity index (χ3v) is 8.12. The summed E-state index contributed by atoms with van der Waals surface area (Å²) in [7, 11) is 2.50. The fourth-order valence-electron chi connectivity index (χ4n) is 5.83. The molecule has 3 atom stereocenters. The lowest BCUT2D eigenvalue weighted by atomic mass is 9.79. The number of hydrogen-bond donors (Lipinski definition) is 1. The molecule has 228 valence electrons. The number of alkyl halides is 6. The highest BCUT2D eigenvalue weighted by molar-refractivity contribution is 5.85. The monoisotopic (exact) mass is 601 g/mol. The van der Waals surface area contributed by atoms with Gasteiger partial charge in [-0.05, 0) is 79.6 Å². The van der Waals surface area contributed by atoms with Crippen molar-refractivity contribution in [2.45, 2.75) is 62.6 Å². The molecule has 6 nitrogen and oxygen atoms in total. The zero-order valence-electron chi connectivity index (χ0n) is 23.1. The molecule has 2 amide bonds. The van der Waals surface area contributed by atoms with Crippen LogP contribution >= 0.6 is 0 Å². The van der Waals surface area contributed by atoms with E-state index in [1.165, 1.54) is 31.2 Å². The minimum atomic E-state index is -5.07. The van der Waals surface area contributed by atoms with E-state index >= 15 is 0 Å². The Bertz CT molecular complexity index is 1360. The Kier molecular flexibility index (Phi) is 8.38. The van der Waals surface area contributed by atoms with E-state index in [0.29, 0.717) is 48.9 Å². The molecule has 2 aromatic carbocycles. The Morgan fingerprint density at radius 1 is 1.05 bits per heavy atom. The maximum atomic E-state index is 14.0. The maximum Gasteiger partial charge on any atom is 0.416 e. The summed E-state index contributed by atoms with van der Waals surface area (Å²) in [5.74, 6) is -0.907. The standard InChI is InChI=1S/C29H30F7N3O3/c1-16-11-21(30)5-6-22(16)24-15-27(8-7-23(37-27)25(40)42-4)9-10-39(24)26(41)38(3)17(2)18-12-19(28(31,32)33)14-20(13-18)29(34,35)36/h5-6,11-14,23-24,37H,2,7-10,15H2,1,3-4H3/t23?,24-,27-/m1/s1. The van der Waals surface area contributed by atoms with E-state index in [4.69, 9.17) is 4.74 Å². The number of amides is 2. The molecule has 0 aromatic heterocycles. The molecular formula is C29H30F7N3O3. The molecule has 1 spiro atoms. The van der Waals surface area contributed by atoms with E-state index < -0.39 is 64.5 Å². The molecule has 0 bridgehead atoms. The number of likely N-dealkylation sites (tertiary alicyclic amines) is 1. The van der Waals surface area contributed by atoms with E-state index in [9.17, 15) is 40.3 Å². The average molecular weight is 602 g/mol. The van der Waals surface area contributed by atoms with Crippen molar-refractivity contribution in [3.63, 3.8) is 0 Å². The second kappa shape index (κ2) is 11.2. The molecule has 42 heavy (non-hydrogen) atoms. The summed E-state index contributed by atoms with van der Waals surface area (Å²) >= 11 is 0. The Morgan fingerprint density at radius 3 is 2.21 bits per heavy atom. The van der Waals surface area contributed by atoms with E-state index in [1.807, 2.05) is 0 Å². The molecule has 0 radical (unpaired) electrons. The van der Waals surface area contributed by atoms with E-state index in [1.54, 1.807) is 13.0 Å². The second-order valence-corrected chi connectivity index (χ2v) is 10.8. The first-order valence-electron chi connectivity index (χ1n) is 13.1. The molecule has 2 aromatic rings. The molecule has 0 aliphatic carbocycles. The molecule has 13 heteroatoms. The maximum absolute atomic E-state index is 14.0. The van der Waals surface area contributed by atoms with Crippen LogP contribution in [0.2, 0.25) is 0 Å². The van der Waals surface area contributed by atoms with E-state index in [0.717, 1.165) is 4.90 Å². The number of urea groups is 1. The second-order valence-electron chi connectivity index (χ2n) is 10.8. The molecule has 2 saturated heterocycles. The summed E-state index contributed by atoms with van der Waals surface area (Å²) in [6, 6.07) is 3.23. The van der Waals surface area contributed by atoms with Crippen molar-refractivity contribution >= 4 is 17.7 Å². The molecule has 2 fully saturated rings. The van der Waals surface area contributed by atoms with Crippen LogP contribution < -0.4 is 5.32 Å². The first-order valence-corrected chi connectivity index (χ1v) is 13.1. The van der Waals surface area contributed by atoms with Gasteiger partial charge in [0, 0.05) is 24.8 Å². The summed E-state index contributed by atoms with van der Waals surface area (Å²) in [5.41, 5.74) is -3.33. The molecule has 4 rings (SSSR count). The quantitative estimate of drug-likeness (QED) is 0.313. The van der Waals surface area contributed by atoms with Crippen molar-refractivity contribution in [1.29, 1.82) is 0 Å². The number of nitrogens with one attached hydrogen (secondary N) is 1. The van der Waals surface area contributed by atoms with E-state index in [2.05, 4.69) is 11.9 Å². The van der Waals surface area contributed by atoms with Crippen molar-refractivity contribution in [2.24, 2.45) is 0 Å². The van der Waals surface area contributed by atoms with Gasteiger partial charge in [-0.25, -0.2) is 9.18 Å². The molecule has 2 aliphatic rings. The van der Waals surface area contributed by atoms with Crippen LogP contribution in [0.5, 0.6) is 0 Å². The fraction of sp³-hybridized carbons (Fsp3) is 0.448. The smallest absolute Gasteiger partial charge is 0.416 e. The van der Waals surface area contributed by atoms with Gasteiger partial charge in [-0.1, -0.05) is 12.6 Å². The third-order valence-electron chi connectivity index (χ3n) is 8.12. The number of hydrogen-bond acceptors (Lipinski definition) is 4. The zero-order valence-corrected chi connectivity index (χ0v) is 23.1. The van der Waals surface area contributed by atoms with Crippen LogP contribution in [0.15, 0.2) is 43.0 Å². The van der Waals surface area contributed by atoms with Crippen LogP contribution in [0.25, 0.3) is 5.70 Å². The molecular weight excluding hydrogens is 571 g/mol. The highest BCUT2D eigenvalue weighted by atomic mass is 19.4. The van der Waals surface area contributed by atoms with Gasteiger partial charge in [0.15, 0.2) is 0 Å². The van der Waals surface area contributed by atoms with Gasteiger partial charge < -0.3 is 9.64 Å². The van der Waals surface area contributed by atoms with Crippen LogP contribution in [0.3, 0.4) is 0 Å². The lowest BCUT2D eigenvalue weighted by Gasteiger charge is -2.47. The first kappa shape index (κ1) is 31.3. The van der Waals surface area contributed by atoms with Crippen molar-refractivity contribution in [2.75, 3.05) is 20.7 Å². The largest absolute Gasteiger partial charge is 0.468 e. The van der Waals surface area contributed by atoms with Crippen LogP contribution in [0, 0.1) is 12.7 Å². The van der Waals surface area contributed by atoms with Crippen LogP contribution in [0.1, 0.15) is 59.5 Å². The SMILES string of the molecule is C=C(c1cc(C(F)(F)F)cc(C(F)(F)F)c1)N(C)C(=O)N1CC[C@]2(CCC(C(=O)OC)N2)C[C@@H]1c1ccc(F)cc1C. The number of piperidine rings is 1. The number of carbonyl (C=O) groups excluding carboxylic acids is 2. The van der Waals surface area contributed by atoms with Gasteiger partial charge in [0.2, 0.25) is 0 Å². The topological polar surface area (TPSA) is 61.9 Å². The highest BCUT2D eigenvalue weighted by Crippen LogP contribution is 2.44. The lowest BCUT2D eigenvalue weighted by Crippen LogP contribution is -2.56. The number of ether oxygens (including phenoxy) is 1. The number of nitrogens with zero attached hydrogens (tertiary/aromatic N) is 2. The van der Waals surface area contributed by atoms with Gasteiger partial charge in [-0.15, -0.1) is 0 Å². The summed E-state index contributed by atoms with van der Waals surface area (Å²) in [5, 5.41) is 3.33. The number of aryl methyl sites for hydroxylation is 1. The minimum absolute atomic E-state index is 0.00617. The Hall–Kier alpha value is -3.61. The minimum Gasteiger partial charge on any atom is -0.468 e. The van der Waals surface area contributed by atoms with Crippen LogP contribution in [0.4, 0.5) is 35.5 Å². The number of benzene rings is 2. The Labute approximate surface area is 238 Å². The molecule has 1 N–H and O–H groups in total. The van der Waals surface area contributed by atoms with Crippen LogP contribution in [-0.4, -0.2) is 54.1 Å². The predicted molar refractivity (Wildman–Crippen MR) is 139 cm³/mol. The number of methoxy groups -OCH3 is 1. The summed E-state index contributed by atoms with van der Waals surface area (Å²) in [6.07, 6.45) is -8.31. The first-order chi connectivity index (χ1) is 19.5. The highest BCUT2D eigenvalue weighted by Gasteiger charge is 2.48. The third kappa shape index (κ3) is 6.25. The zero-order chi connectivity index (χ0) is 31.2. The fourth-order valence-corrected chi connectivity index (χ4v) is 5.83. The van der Waals surface area contributed by atoms with Crippen LogP contribution in [-0.2, 0) is 21.9 Å². The van der Waals surface area contributed by atoms with Crippen molar-refractivity contribution in [1.82, 2.24) is 15.1 Å². The Morgan fingerprint density at radius 2 is 1.67 bits per heavy atom. The van der Waals surface area contributed by atoms with Gasteiger partial charge in [0.1, 0.15) is 11.9 Å². The predicted octanol–water partition coefficient (Wildman–Crippen LogP) is 6.70. The Balaban J connectivity index is 1.68. The number of rotatable bonds is 4. The number of esters is 1. The van der Waals surface area contributed by atoms with Gasteiger partial charge in [0.25, 0.3) is 0 Å². The van der Waals surface area contributed by atoms with Crippen molar-refractivity contribution in [3.8, 4) is 0 Å². The average Bonchev–Trinajstić information content (AvgIpc) is 3.33. The van der Waals surface area contributed by atoms with Gasteiger partial charge in [0.05, 0.1) is 24.3 Å². The summed E-state index contributed by atoms with van der Waals surface area (Å²) < 4.78 is 99.6. The molecule has 2 aliphatic heterocycles. The number of carbonyl (C=O) groups is 2. The van der Waals surface area contributed by atoms with E-state index in [-0.39, 0.29) is 18.3 Å². The molecule has 1 unspecified atom stereocenters. The van der Waals surface area contributed by atoms with Crippen molar-refractivity contribution in [3.05, 3.63) is 76.6 Å². The molecule has 2 heterocycles. The van der Waals surface area contributed by atoms with Crippen molar-refractivity contribution < 1.29 is 45.1 Å². The summed E-state index contributed by atoms with van der Waals surface area (Å²) in [4.78, 5) is 28.4. The van der Waals surface area contributed by atoms with Gasteiger partial charge >= 0.3 is 24.4 Å². The summed E-state index contributed by atoms with van der Waals surface area (Å²) in [6.45, 7) is 5.46. The van der Waals surface area contributed by atoms with Gasteiger partial charge in [-0.3, -0.25) is 15.0 Å². The molecule has 0 saturated carbocycles. The normalized spacial score (nSPS) is 22.8.